The highest BCUT2D eigenvalue weighted by molar-refractivity contribution is 7.15. The molecule has 5 nitrogen and oxygen atoms in total. The van der Waals surface area contributed by atoms with Crippen molar-refractivity contribution in [2.75, 3.05) is 6.54 Å². The van der Waals surface area contributed by atoms with E-state index < -0.39 is 0 Å². The van der Waals surface area contributed by atoms with Crippen molar-refractivity contribution in [1.29, 1.82) is 0 Å². The molecule has 0 fully saturated rings. The van der Waals surface area contributed by atoms with Crippen LogP contribution in [0.15, 0.2) is 11.6 Å². The van der Waals surface area contributed by atoms with E-state index >= 15 is 0 Å². The van der Waals surface area contributed by atoms with Crippen molar-refractivity contribution in [3.8, 4) is 0 Å². The van der Waals surface area contributed by atoms with Crippen molar-refractivity contribution in [3.63, 3.8) is 0 Å². The van der Waals surface area contributed by atoms with Crippen molar-refractivity contribution in [2.45, 2.75) is 39.8 Å². The number of fused-ring (bicyclic) bond motifs is 1. The van der Waals surface area contributed by atoms with Crippen LogP contribution in [0.25, 0.3) is 4.96 Å². The van der Waals surface area contributed by atoms with E-state index in [4.69, 9.17) is 0 Å². The smallest absolute Gasteiger partial charge is 0.221 e. The predicted molar refractivity (Wildman–Crippen MR) is 77.4 cm³/mol. The minimum Gasteiger partial charge on any atom is -0.354 e. The monoisotopic (exact) mass is 280 g/mol. The van der Waals surface area contributed by atoms with Crippen LogP contribution >= 0.6 is 11.3 Å². The molecule has 0 radical (unpaired) electrons. The van der Waals surface area contributed by atoms with E-state index in [1.54, 1.807) is 11.3 Å². The van der Waals surface area contributed by atoms with Gasteiger partial charge >= 0.3 is 0 Å². The maximum absolute atomic E-state index is 11.5. The van der Waals surface area contributed by atoms with E-state index in [2.05, 4.69) is 20.0 Å². The van der Waals surface area contributed by atoms with E-state index in [1.807, 2.05) is 32.3 Å². The minimum atomic E-state index is 0.0909. The number of imidazole rings is 1. The van der Waals surface area contributed by atoms with E-state index in [1.165, 1.54) is 5.69 Å². The van der Waals surface area contributed by atoms with Gasteiger partial charge in [-0.3, -0.25) is 9.20 Å². The number of rotatable bonds is 6. The average molecular weight is 280 g/mol. The minimum absolute atomic E-state index is 0.0909. The first-order chi connectivity index (χ1) is 9.08. The second kappa shape index (κ2) is 6.16. The fourth-order valence-corrected chi connectivity index (χ4v) is 2.74. The molecule has 0 atom stereocenters. The quantitative estimate of drug-likeness (QED) is 0.792. The van der Waals surface area contributed by atoms with Gasteiger partial charge in [-0.1, -0.05) is 0 Å². The maximum Gasteiger partial charge on any atom is 0.221 e. The number of carbonyl (C=O) groups excluding carboxylic acids is 1. The number of carbonyl (C=O) groups is 1. The zero-order valence-corrected chi connectivity index (χ0v) is 12.4. The average Bonchev–Trinajstić information content (AvgIpc) is 2.85. The van der Waals surface area contributed by atoms with Gasteiger partial charge in [0.2, 0.25) is 5.91 Å². The number of thiazole rings is 1. The summed E-state index contributed by atoms with van der Waals surface area (Å²) in [5.74, 6) is 0.0909. The first kappa shape index (κ1) is 14.0. The Morgan fingerprint density at radius 3 is 3.05 bits per heavy atom. The molecular formula is C13H20N4OS. The highest BCUT2D eigenvalue weighted by Crippen LogP contribution is 2.16. The van der Waals surface area contributed by atoms with Crippen LogP contribution in [-0.4, -0.2) is 27.9 Å². The third-order valence-corrected chi connectivity index (χ3v) is 3.59. The predicted octanol–water partition coefficient (Wildman–Crippen LogP) is 1.71. The Balaban J connectivity index is 1.81. The summed E-state index contributed by atoms with van der Waals surface area (Å²) in [5.41, 5.74) is 2.21. The molecule has 0 aliphatic carbocycles. The fourth-order valence-electron chi connectivity index (χ4n) is 1.96. The second-order valence-corrected chi connectivity index (χ2v) is 5.72. The standard InChI is InChI=1S/C13H20N4OS/c1-9(2)15-12(18)4-5-14-8-11-10(3)16-13-17(11)6-7-19-13/h6-7,9,14H,4-5,8H2,1-3H3,(H,15,18). The molecular weight excluding hydrogens is 260 g/mol. The highest BCUT2D eigenvalue weighted by atomic mass is 32.1. The Hall–Kier alpha value is -1.40. The molecule has 6 heteroatoms. The number of hydrogen-bond donors (Lipinski definition) is 2. The lowest BCUT2D eigenvalue weighted by atomic mass is 10.3. The van der Waals surface area contributed by atoms with Crippen LogP contribution in [0, 0.1) is 6.92 Å². The SMILES string of the molecule is Cc1nc2sccn2c1CNCCC(=O)NC(C)C. The first-order valence-electron chi connectivity index (χ1n) is 6.49. The zero-order chi connectivity index (χ0) is 13.8. The number of aryl methyl sites for hydroxylation is 1. The summed E-state index contributed by atoms with van der Waals surface area (Å²) >= 11 is 1.63. The summed E-state index contributed by atoms with van der Waals surface area (Å²) in [7, 11) is 0. The molecule has 19 heavy (non-hydrogen) atoms. The molecule has 1 amide bonds. The van der Waals surface area contributed by atoms with Crippen LogP contribution in [0.1, 0.15) is 31.7 Å². The Morgan fingerprint density at radius 2 is 2.32 bits per heavy atom. The molecule has 2 N–H and O–H groups in total. The van der Waals surface area contributed by atoms with E-state index in [0.29, 0.717) is 13.0 Å². The molecule has 104 valence electrons. The lowest BCUT2D eigenvalue weighted by Gasteiger charge is -2.09. The van der Waals surface area contributed by atoms with Crippen molar-refractivity contribution in [2.24, 2.45) is 0 Å². The van der Waals surface area contributed by atoms with Crippen molar-refractivity contribution >= 4 is 22.2 Å². The molecule has 2 aromatic heterocycles. The molecule has 2 aromatic rings. The summed E-state index contributed by atoms with van der Waals surface area (Å²) < 4.78 is 2.10. The summed E-state index contributed by atoms with van der Waals surface area (Å²) in [5, 5.41) is 8.21. The second-order valence-electron chi connectivity index (χ2n) is 4.85. The van der Waals surface area contributed by atoms with Gasteiger partial charge in [-0.25, -0.2) is 4.98 Å². The van der Waals surface area contributed by atoms with E-state index in [-0.39, 0.29) is 11.9 Å². The third-order valence-electron chi connectivity index (χ3n) is 2.83. The summed E-state index contributed by atoms with van der Waals surface area (Å²) in [6.07, 6.45) is 2.53. The Bertz CT molecular complexity index is 558. The molecule has 0 saturated carbocycles. The Morgan fingerprint density at radius 1 is 1.53 bits per heavy atom. The Kier molecular flexibility index (Phi) is 4.55. The van der Waals surface area contributed by atoms with Gasteiger partial charge < -0.3 is 10.6 Å². The molecule has 0 aliphatic rings. The van der Waals surface area contributed by atoms with Crippen molar-refractivity contribution in [3.05, 3.63) is 23.0 Å². The van der Waals surface area contributed by atoms with Gasteiger partial charge in [-0.2, -0.15) is 0 Å². The summed E-state index contributed by atoms with van der Waals surface area (Å²) in [6.45, 7) is 7.36. The van der Waals surface area contributed by atoms with Crippen molar-refractivity contribution < 1.29 is 4.79 Å². The fraction of sp³-hybridized carbons (Fsp3) is 0.538. The largest absolute Gasteiger partial charge is 0.354 e. The highest BCUT2D eigenvalue weighted by Gasteiger charge is 2.09. The molecule has 2 heterocycles. The van der Waals surface area contributed by atoms with Gasteiger partial charge in [-0.15, -0.1) is 11.3 Å². The topological polar surface area (TPSA) is 58.4 Å². The molecule has 0 aliphatic heterocycles. The van der Waals surface area contributed by atoms with Crippen LogP contribution in [-0.2, 0) is 11.3 Å². The number of hydrogen-bond acceptors (Lipinski definition) is 4. The van der Waals surface area contributed by atoms with Gasteiger partial charge in [-0.05, 0) is 20.8 Å². The molecule has 0 bridgehead atoms. The third kappa shape index (κ3) is 3.54. The molecule has 0 saturated heterocycles. The number of nitrogens with one attached hydrogen (secondary N) is 2. The van der Waals surface area contributed by atoms with Gasteiger partial charge in [0.1, 0.15) is 0 Å². The van der Waals surface area contributed by atoms with Crippen LogP contribution in [0.3, 0.4) is 0 Å². The lowest BCUT2D eigenvalue weighted by Crippen LogP contribution is -2.32. The van der Waals surface area contributed by atoms with Crippen molar-refractivity contribution in [1.82, 2.24) is 20.0 Å². The summed E-state index contributed by atoms with van der Waals surface area (Å²) in [6, 6.07) is 0.204. The van der Waals surface area contributed by atoms with Gasteiger partial charge in [0.25, 0.3) is 0 Å². The number of nitrogens with zero attached hydrogens (tertiary/aromatic N) is 2. The van der Waals surface area contributed by atoms with Gasteiger partial charge in [0, 0.05) is 37.1 Å². The maximum atomic E-state index is 11.5. The molecule has 0 spiro atoms. The molecule has 2 rings (SSSR count). The van der Waals surface area contributed by atoms with Gasteiger partial charge in [0.05, 0.1) is 11.4 Å². The van der Waals surface area contributed by atoms with Crippen LogP contribution in [0.4, 0.5) is 0 Å². The lowest BCUT2D eigenvalue weighted by molar-refractivity contribution is -0.121. The van der Waals surface area contributed by atoms with Gasteiger partial charge in [0.15, 0.2) is 4.96 Å². The number of aromatic nitrogens is 2. The first-order valence-corrected chi connectivity index (χ1v) is 7.37. The molecule has 0 aromatic carbocycles. The van der Waals surface area contributed by atoms with E-state index in [0.717, 1.165) is 17.2 Å². The normalized spacial score (nSPS) is 11.4. The zero-order valence-electron chi connectivity index (χ0n) is 11.6. The van der Waals surface area contributed by atoms with Crippen LogP contribution < -0.4 is 10.6 Å². The van der Waals surface area contributed by atoms with Crippen LogP contribution in [0.2, 0.25) is 0 Å². The molecule has 0 unspecified atom stereocenters. The summed E-state index contributed by atoms with van der Waals surface area (Å²) in [4.78, 5) is 17.0. The number of amides is 1. The Labute approximate surface area is 117 Å². The van der Waals surface area contributed by atoms with E-state index in [9.17, 15) is 4.79 Å². The van der Waals surface area contributed by atoms with Crippen LogP contribution in [0.5, 0.6) is 0 Å².